The van der Waals surface area contributed by atoms with Crippen LogP contribution in [-0.2, 0) is 4.74 Å². The van der Waals surface area contributed by atoms with Crippen LogP contribution in [-0.4, -0.2) is 24.7 Å². The molecule has 2 atom stereocenters. The highest BCUT2D eigenvalue weighted by Gasteiger charge is 2.33. The zero-order chi connectivity index (χ0) is 9.90. The Balaban J connectivity index is 2.37. The number of nitrogens with two attached hydrogens (primary N) is 1. The van der Waals surface area contributed by atoms with Crippen LogP contribution in [0, 0.1) is 0 Å². The van der Waals surface area contributed by atoms with E-state index in [1.165, 1.54) is 6.92 Å². The van der Waals surface area contributed by atoms with Crippen molar-refractivity contribution in [2.75, 3.05) is 6.61 Å². The molecule has 2 nitrogen and oxygen atoms in total. The number of halogens is 2. The molecule has 1 saturated heterocycles. The van der Waals surface area contributed by atoms with Crippen molar-refractivity contribution in [2.24, 2.45) is 5.73 Å². The molecular formula is C9H17F2NO. The summed E-state index contributed by atoms with van der Waals surface area (Å²) in [6, 6.07) is 0. The third-order valence-corrected chi connectivity index (χ3v) is 2.44. The number of ether oxygens (including phenoxy) is 1. The van der Waals surface area contributed by atoms with E-state index in [1.54, 1.807) is 0 Å². The van der Waals surface area contributed by atoms with Crippen LogP contribution >= 0.6 is 0 Å². The van der Waals surface area contributed by atoms with Gasteiger partial charge in [-0.3, -0.25) is 0 Å². The second-order valence-corrected chi connectivity index (χ2v) is 4.00. The molecule has 2 unspecified atom stereocenters. The third kappa shape index (κ3) is 3.19. The van der Waals surface area contributed by atoms with Crippen LogP contribution in [0.1, 0.15) is 32.6 Å². The smallest absolute Gasteiger partial charge is 0.256 e. The van der Waals surface area contributed by atoms with Gasteiger partial charge in [0.05, 0.1) is 11.6 Å². The molecule has 0 radical (unpaired) electrons. The third-order valence-electron chi connectivity index (χ3n) is 2.44. The van der Waals surface area contributed by atoms with Crippen LogP contribution in [0.3, 0.4) is 0 Å². The molecule has 0 aromatic carbocycles. The summed E-state index contributed by atoms with van der Waals surface area (Å²) in [6.45, 7) is 2.07. The second-order valence-electron chi connectivity index (χ2n) is 4.00. The van der Waals surface area contributed by atoms with E-state index in [1.807, 2.05) is 0 Å². The molecule has 13 heavy (non-hydrogen) atoms. The Labute approximate surface area is 77.4 Å². The van der Waals surface area contributed by atoms with Crippen LogP contribution in [0.4, 0.5) is 8.78 Å². The summed E-state index contributed by atoms with van der Waals surface area (Å²) < 4.78 is 30.1. The Bertz CT molecular complexity index is 156. The van der Waals surface area contributed by atoms with Crippen molar-refractivity contribution in [3.8, 4) is 0 Å². The van der Waals surface area contributed by atoms with Crippen molar-refractivity contribution in [3.05, 3.63) is 0 Å². The van der Waals surface area contributed by atoms with Gasteiger partial charge in [0, 0.05) is 6.61 Å². The van der Waals surface area contributed by atoms with Gasteiger partial charge in [-0.15, -0.1) is 0 Å². The Hall–Kier alpha value is -0.220. The molecule has 78 valence electrons. The van der Waals surface area contributed by atoms with E-state index in [2.05, 4.69) is 0 Å². The monoisotopic (exact) mass is 193 g/mol. The van der Waals surface area contributed by atoms with E-state index in [4.69, 9.17) is 10.5 Å². The summed E-state index contributed by atoms with van der Waals surface area (Å²) in [5.74, 6) is 0. The molecule has 0 amide bonds. The molecule has 1 heterocycles. The number of alkyl halides is 2. The van der Waals surface area contributed by atoms with Crippen molar-refractivity contribution in [1.29, 1.82) is 0 Å². The number of rotatable bonds is 3. The van der Waals surface area contributed by atoms with Gasteiger partial charge in [0.1, 0.15) is 0 Å². The highest BCUT2D eigenvalue weighted by Crippen LogP contribution is 2.24. The average Bonchev–Trinajstić information content (AvgIpc) is 2.05. The van der Waals surface area contributed by atoms with Gasteiger partial charge in [0.25, 0.3) is 6.43 Å². The fourth-order valence-electron chi connectivity index (χ4n) is 1.55. The summed E-state index contributed by atoms with van der Waals surface area (Å²) >= 11 is 0. The molecular weight excluding hydrogens is 176 g/mol. The van der Waals surface area contributed by atoms with E-state index >= 15 is 0 Å². The van der Waals surface area contributed by atoms with Crippen LogP contribution < -0.4 is 5.73 Å². The minimum Gasteiger partial charge on any atom is -0.378 e. The van der Waals surface area contributed by atoms with Crippen LogP contribution in [0.15, 0.2) is 0 Å². The molecule has 1 aliphatic rings. The quantitative estimate of drug-likeness (QED) is 0.743. The molecule has 4 heteroatoms. The summed E-state index contributed by atoms with van der Waals surface area (Å²) in [7, 11) is 0. The largest absolute Gasteiger partial charge is 0.378 e. The first-order valence-electron chi connectivity index (χ1n) is 4.71. The summed E-state index contributed by atoms with van der Waals surface area (Å²) in [5.41, 5.74) is 4.06. The van der Waals surface area contributed by atoms with Crippen molar-refractivity contribution in [3.63, 3.8) is 0 Å². The summed E-state index contributed by atoms with van der Waals surface area (Å²) in [4.78, 5) is 0. The lowest BCUT2D eigenvalue weighted by Crippen LogP contribution is -2.47. The zero-order valence-corrected chi connectivity index (χ0v) is 7.93. The SMILES string of the molecule is CC(N)(CC1CCCCO1)C(F)F. The van der Waals surface area contributed by atoms with Gasteiger partial charge < -0.3 is 10.5 Å². The Kier molecular flexibility index (Phi) is 3.62. The first kappa shape index (κ1) is 10.9. The summed E-state index contributed by atoms with van der Waals surface area (Å²) in [5, 5.41) is 0. The molecule has 2 N–H and O–H groups in total. The Morgan fingerprint density at radius 2 is 2.23 bits per heavy atom. The fraction of sp³-hybridized carbons (Fsp3) is 1.00. The van der Waals surface area contributed by atoms with Gasteiger partial charge in [-0.1, -0.05) is 0 Å². The number of hydrogen-bond donors (Lipinski definition) is 1. The van der Waals surface area contributed by atoms with E-state index < -0.39 is 12.0 Å². The average molecular weight is 193 g/mol. The van der Waals surface area contributed by atoms with Crippen molar-refractivity contribution < 1.29 is 13.5 Å². The zero-order valence-electron chi connectivity index (χ0n) is 7.93. The summed E-state index contributed by atoms with van der Waals surface area (Å²) in [6.07, 6.45) is 0.663. The lowest BCUT2D eigenvalue weighted by atomic mass is 9.92. The highest BCUT2D eigenvalue weighted by molar-refractivity contribution is 4.85. The molecule has 1 aliphatic heterocycles. The number of hydrogen-bond acceptors (Lipinski definition) is 2. The minimum absolute atomic E-state index is 0.0715. The molecule has 0 saturated carbocycles. The molecule has 1 fully saturated rings. The predicted octanol–water partition coefficient (Wildman–Crippen LogP) is 1.93. The molecule has 0 aliphatic carbocycles. The lowest BCUT2D eigenvalue weighted by molar-refractivity contribution is -0.0287. The van der Waals surface area contributed by atoms with Crippen LogP contribution in [0.5, 0.6) is 0 Å². The van der Waals surface area contributed by atoms with Gasteiger partial charge >= 0.3 is 0 Å². The normalized spacial score (nSPS) is 28.8. The first-order chi connectivity index (χ1) is 6.02. The van der Waals surface area contributed by atoms with Crippen molar-refractivity contribution >= 4 is 0 Å². The van der Waals surface area contributed by atoms with Gasteiger partial charge in [0.2, 0.25) is 0 Å². The first-order valence-corrected chi connectivity index (χ1v) is 4.71. The fourth-order valence-corrected chi connectivity index (χ4v) is 1.55. The maximum atomic E-state index is 12.4. The minimum atomic E-state index is -2.47. The molecule has 0 aromatic heterocycles. The Morgan fingerprint density at radius 3 is 2.69 bits per heavy atom. The molecule has 0 aromatic rings. The lowest BCUT2D eigenvalue weighted by Gasteiger charge is -2.31. The van der Waals surface area contributed by atoms with Crippen LogP contribution in [0.25, 0.3) is 0 Å². The van der Waals surface area contributed by atoms with Crippen LogP contribution in [0.2, 0.25) is 0 Å². The maximum absolute atomic E-state index is 12.4. The standard InChI is InChI=1S/C9H17F2NO/c1-9(12,8(10)11)6-7-4-2-3-5-13-7/h7-8H,2-6,12H2,1H3. The van der Waals surface area contributed by atoms with Gasteiger partial charge in [0.15, 0.2) is 0 Å². The van der Waals surface area contributed by atoms with E-state index in [0.717, 1.165) is 19.3 Å². The maximum Gasteiger partial charge on any atom is 0.256 e. The van der Waals surface area contributed by atoms with Crippen molar-refractivity contribution in [1.82, 2.24) is 0 Å². The second kappa shape index (κ2) is 4.33. The van der Waals surface area contributed by atoms with E-state index in [-0.39, 0.29) is 12.5 Å². The van der Waals surface area contributed by atoms with Gasteiger partial charge in [-0.25, -0.2) is 8.78 Å². The molecule has 1 rings (SSSR count). The Morgan fingerprint density at radius 1 is 1.54 bits per heavy atom. The predicted molar refractivity (Wildman–Crippen MR) is 46.8 cm³/mol. The van der Waals surface area contributed by atoms with Gasteiger partial charge in [-0.05, 0) is 32.6 Å². The van der Waals surface area contributed by atoms with E-state index in [9.17, 15) is 8.78 Å². The van der Waals surface area contributed by atoms with E-state index in [0.29, 0.717) is 6.61 Å². The molecule has 0 spiro atoms. The van der Waals surface area contributed by atoms with Gasteiger partial charge in [-0.2, -0.15) is 0 Å². The highest BCUT2D eigenvalue weighted by atomic mass is 19.3. The van der Waals surface area contributed by atoms with Crippen molar-refractivity contribution in [2.45, 2.75) is 50.7 Å². The topological polar surface area (TPSA) is 35.2 Å². The molecule has 0 bridgehead atoms.